The molecule has 0 bridgehead atoms. The molecule has 2 N–H and O–H groups in total. The number of nitrogens with zero attached hydrogens (tertiary/aromatic N) is 2. The molecule has 0 saturated carbocycles. The van der Waals surface area contributed by atoms with Crippen LogP contribution in [-0.2, 0) is 4.79 Å². The van der Waals surface area contributed by atoms with Gasteiger partial charge in [-0.2, -0.15) is 5.10 Å². The Bertz CT molecular complexity index is 950. The van der Waals surface area contributed by atoms with Gasteiger partial charge in [0.25, 0.3) is 5.91 Å². The molecule has 27 heavy (non-hydrogen) atoms. The van der Waals surface area contributed by atoms with E-state index in [1.807, 2.05) is 30.3 Å². The van der Waals surface area contributed by atoms with Crippen molar-refractivity contribution in [1.82, 2.24) is 9.78 Å². The minimum absolute atomic E-state index is 0.156. The van der Waals surface area contributed by atoms with Gasteiger partial charge in [-0.3, -0.25) is 9.59 Å². The van der Waals surface area contributed by atoms with Gasteiger partial charge in [0.15, 0.2) is 5.69 Å². The van der Waals surface area contributed by atoms with Crippen LogP contribution in [0.5, 0.6) is 0 Å². The molecule has 0 spiro atoms. The van der Waals surface area contributed by atoms with Crippen molar-refractivity contribution in [3.63, 3.8) is 0 Å². The predicted octanol–water partition coefficient (Wildman–Crippen LogP) is 4.37. The van der Waals surface area contributed by atoms with E-state index in [2.05, 4.69) is 15.7 Å². The summed E-state index contributed by atoms with van der Waals surface area (Å²) in [7, 11) is 0. The maximum absolute atomic E-state index is 12.6. The Morgan fingerprint density at radius 2 is 1.67 bits per heavy atom. The maximum Gasteiger partial charge on any atom is 0.276 e. The van der Waals surface area contributed by atoms with Crippen molar-refractivity contribution < 1.29 is 9.59 Å². The second-order valence-corrected chi connectivity index (χ2v) is 6.70. The van der Waals surface area contributed by atoms with Gasteiger partial charge in [0.05, 0.1) is 5.69 Å². The summed E-state index contributed by atoms with van der Waals surface area (Å²) in [5, 5.41) is 10.5. The highest BCUT2D eigenvalue weighted by atomic mass is 35.5. The predicted molar refractivity (Wildman–Crippen MR) is 106 cm³/mol. The zero-order chi connectivity index (χ0) is 19.4. The van der Waals surface area contributed by atoms with Crippen molar-refractivity contribution >= 4 is 34.9 Å². The van der Waals surface area contributed by atoms with Crippen molar-refractivity contribution in [2.45, 2.75) is 13.8 Å². The lowest BCUT2D eigenvalue weighted by Gasteiger charge is -2.10. The number of carbonyl (C=O) groups is 2. The largest absolute Gasteiger partial charge is 0.321 e. The van der Waals surface area contributed by atoms with Crippen molar-refractivity contribution in [3.05, 3.63) is 71.4 Å². The molecule has 3 aromatic rings. The van der Waals surface area contributed by atoms with Crippen LogP contribution in [0.4, 0.5) is 11.5 Å². The van der Waals surface area contributed by atoms with Gasteiger partial charge in [0, 0.05) is 22.7 Å². The van der Waals surface area contributed by atoms with E-state index in [-0.39, 0.29) is 23.4 Å². The molecule has 1 heterocycles. The van der Waals surface area contributed by atoms with E-state index >= 15 is 0 Å². The van der Waals surface area contributed by atoms with E-state index in [0.29, 0.717) is 16.5 Å². The third-order valence-electron chi connectivity index (χ3n) is 3.82. The first kappa shape index (κ1) is 18.7. The van der Waals surface area contributed by atoms with Crippen LogP contribution in [0.3, 0.4) is 0 Å². The highest BCUT2D eigenvalue weighted by Crippen LogP contribution is 2.20. The molecule has 2 aromatic carbocycles. The molecule has 138 valence electrons. The number of halogens is 1. The van der Waals surface area contributed by atoms with E-state index < -0.39 is 0 Å². The molecule has 7 heteroatoms. The summed E-state index contributed by atoms with van der Waals surface area (Å²) >= 11 is 5.86. The molecule has 1 aromatic heterocycles. The molecule has 0 aliphatic carbocycles. The van der Waals surface area contributed by atoms with Crippen LogP contribution in [-0.4, -0.2) is 21.6 Å². The Morgan fingerprint density at radius 3 is 2.30 bits per heavy atom. The van der Waals surface area contributed by atoms with Crippen molar-refractivity contribution in [2.24, 2.45) is 5.92 Å². The highest BCUT2D eigenvalue weighted by molar-refractivity contribution is 6.30. The van der Waals surface area contributed by atoms with E-state index in [1.165, 1.54) is 4.68 Å². The smallest absolute Gasteiger partial charge is 0.276 e. The van der Waals surface area contributed by atoms with E-state index in [0.717, 1.165) is 5.69 Å². The van der Waals surface area contributed by atoms with Crippen LogP contribution in [0.2, 0.25) is 5.02 Å². The Morgan fingerprint density at radius 1 is 1.00 bits per heavy atom. The maximum atomic E-state index is 12.6. The third kappa shape index (κ3) is 4.54. The second kappa shape index (κ2) is 8.05. The molecule has 0 saturated heterocycles. The number of aromatic nitrogens is 2. The summed E-state index contributed by atoms with van der Waals surface area (Å²) < 4.78 is 1.54. The van der Waals surface area contributed by atoms with Gasteiger partial charge in [-0.15, -0.1) is 0 Å². The van der Waals surface area contributed by atoms with Gasteiger partial charge in [0.2, 0.25) is 5.91 Å². The fourth-order valence-corrected chi connectivity index (χ4v) is 2.47. The molecule has 6 nitrogen and oxygen atoms in total. The average molecular weight is 383 g/mol. The van der Waals surface area contributed by atoms with Crippen LogP contribution in [0.1, 0.15) is 24.3 Å². The lowest BCUT2D eigenvalue weighted by molar-refractivity contribution is -0.118. The topological polar surface area (TPSA) is 76.0 Å². The van der Waals surface area contributed by atoms with Gasteiger partial charge in [0.1, 0.15) is 5.82 Å². The quantitative estimate of drug-likeness (QED) is 0.687. The molecular weight excluding hydrogens is 364 g/mol. The number of amides is 2. The SMILES string of the molecule is CC(C)C(=O)Nc1cc(C(=O)Nc2ccc(Cl)cc2)nn1-c1ccccc1. The normalized spacial score (nSPS) is 10.7. The number of rotatable bonds is 5. The molecule has 2 amide bonds. The number of hydrogen-bond donors (Lipinski definition) is 2. The number of carbonyl (C=O) groups excluding carboxylic acids is 2. The fraction of sp³-hybridized carbons (Fsp3) is 0.150. The van der Waals surface area contributed by atoms with E-state index in [9.17, 15) is 9.59 Å². The first-order valence-electron chi connectivity index (χ1n) is 8.47. The summed E-state index contributed by atoms with van der Waals surface area (Å²) in [5.41, 5.74) is 1.53. The second-order valence-electron chi connectivity index (χ2n) is 6.27. The molecule has 0 fully saturated rings. The van der Waals surface area contributed by atoms with Gasteiger partial charge in [-0.1, -0.05) is 43.6 Å². The summed E-state index contributed by atoms with van der Waals surface area (Å²) in [5.74, 6) is -0.305. The standard InChI is InChI=1S/C20H19ClN4O2/c1-13(2)19(26)23-18-12-17(24-25(18)16-6-4-3-5-7-16)20(27)22-15-10-8-14(21)9-11-15/h3-13H,1-2H3,(H,22,27)(H,23,26). The van der Waals surface area contributed by atoms with Crippen LogP contribution in [0, 0.1) is 5.92 Å². The Kier molecular flexibility index (Phi) is 5.57. The van der Waals surface area contributed by atoms with Gasteiger partial charge in [-0.05, 0) is 36.4 Å². The Balaban J connectivity index is 1.91. The lowest BCUT2D eigenvalue weighted by Crippen LogP contribution is -2.19. The first-order chi connectivity index (χ1) is 12.9. The summed E-state index contributed by atoms with van der Waals surface area (Å²) in [6.45, 7) is 3.60. The minimum Gasteiger partial charge on any atom is -0.321 e. The van der Waals surface area contributed by atoms with Gasteiger partial charge < -0.3 is 10.6 Å². The Labute approximate surface area is 162 Å². The van der Waals surface area contributed by atoms with Crippen molar-refractivity contribution in [2.75, 3.05) is 10.6 Å². The van der Waals surface area contributed by atoms with Crippen molar-refractivity contribution in [1.29, 1.82) is 0 Å². The Hall–Kier alpha value is -3.12. The molecule has 0 unspecified atom stereocenters. The summed E-state index contributed by atoms with van der Waals surface area (Å²) in [4.78, 5) is 24.7. The zero-order valence-electron chi connectivity index (χ0n) is 14.9. The van der Waals surface area contributed by atoms with Crippen LogP contribution < -0.4 is 10.6 Å². The number of benzene rings is 2. The molecular formula is C20H19ClN4O2. The monoisotopic (exact) mass is 382 g/mol. The first-order valence-corrected chi connectivity index (χ1v) is 8.85. The van der Waals surface area contributed by atoms with Gasteiger partial charge >= 0.3 is 0 Å². The molecule has 3 rings (SSSR count). The molecule has 0 aliphatic heterocycles. The molecule has 0 radical (unpaired) electrons. The van der Waals surface area contributed by atoms with Gasteiger partial charge in [-0.25, -0.2) is 4.68 Å². The fourth-order valence-electron chi connectivity index (χ4n) is 2.35. The third-order valence-corrected chi connectivity index (χ3v) is 4.07. The number of anilines is 2. The lowest BCUT2D eigenvalue weighted by atomic mass is 10.2. The summed E-state index contributed by atoms with van der Waals surface area (Å²) in [6, 6.07) is 17.6. The minimum atomic E-state index is -0.382. The van der Waals surface area contributed by atoms with E-state index in [1.54, 1.807) is 44.2 Å². The van der Waals surface area contributed by atoms with Crippen LogP contribution >= 0.6 is 11.6 Å². The number of nitrogens with one attached hydrogen (secondary N) is 2. The van der Waals surface area contributed by atoms with Crippen molar-refractivity contribution in [3.8, 4) is 5.69 Å². The number of hydrogen-bond acceptors (Lipinski definition) is 3. The summed E-state index contributed by atoms with van der Waals surface area (Å²) in [6.07, 6.45) is 0. The number of para-hydroxylation sites is 1. The molecule has 0 aliphatic rings. The van der Waals surface area contributed by atoms with E-state index in [4.69, 9.17) is 11.6 Å². The average Bonchev–Trinajstić information content (AvgIpc) is 3.08. The van der Waals surface area contributed by atoms with Crippen LogP contribution in [0.15, 0.2) is 60.7 Å². The highest BCUT2D eigenvalue weighted by Gasteiger charge is 2.18. The van der Waals surface area contributed by atoms with Crippen LogP contribution in [0.25, 0.3) is 5.69 Å². The molecule has 0 atom stereocenters. The zero-order valence-corrected chi connectivity index (χ0v) is 15.7.